The molecule has 96 valence electrons. The van der Waals surface area contributed by atoms with E-state index in [0.717, 1.165) is 35.0 Å². The second-order valence-corrected chi connectivity index (χ2v) is 6.05. The number of allylic oxidation sites excluding steroid dienone is 2. The Morgan fingerprint density at radius 1 is 1.28 bits per heavy atom. The molecule has 1 N–H and O–H groups in total. The largest absolute Gasteiger partial charge is 0.490 e. The van der Waals surface area contributed by atoms with E-state index in [1.54, 1.807) is 0 Å². The molecule has 1 aliphatic carbocycles. The van der Waals surface area contributed by atoms with Crippen molar-refractivity contribution in [2.75, 3.05) is 0 Å². The van der Waals surface area contributed by atoms with E-state index in [2.05, 4.69) is 28.1 Å². The lowest BCUT2D eigenvalue weighted by Gasteiger charge is -2.35. The van der Waals surface area contributed by atoms with E-state index >= 15 is 0 Å². The van der Waals surface area contributed by atoms with Gasteiger partial charge in [0.2, 0.25) is 0 Å². The van der Waals surface area contributed by atoms with Crippen LogP contribution in [-0.2, 0) is 0 Å². The molecule has 1 aromatic carbocycles. The summed E-state index contributed by atoms with van der Waals surface area (Å²) in [5.41, 5.74) is 0.917. The predicted octanol–water partition coefficient (Wildman–Crippen LogP) is 3.99. The Balaban J connectivity index is 1.83. The zero-order valence-corrected chi connectivity index (χ0v) is 11.8. The summed E-state index contributed by atoms with van der Waals surface area (Å²) in [6, 6.07) is 5.86. The van der Waals surface area contributed by atoms with Crippen molar-refractivity contribution >= 4 is 15.9 Å². The van der Waals surface area contributed by atoms with E-state index in [4.69, 9.17) is 4.74 Å². The first-order valence-electron chi connectivity index (χ1n) is 6.53. The Labute approximate surface area is 116 Å². The molecule has 3 atom stereocenters. The molecule has 0 bridgehead atoms. The molecule has 2 nitrogen and oxygen atoms in total. The molecule has 1 aromatic rings. The highest BCUT2D eigenvalue weighted by Crippen LogP contribution is 2.40. The average molecular weight is 309 g/mol. The minimum Gasteiger partial charge on any atom is -0.490 e. The minimum atomic E-state index is -0.391. The van der Waals surface area contributed by atoms with Crippen molar-refractivity contribution in [2.45, 2.75) is 37.9 Å². The summed E-state index contributed by atoms with van der Waals surface area (Å²) in [7, 11) is 0. The van der Waals surface area contributed by atoms with Gasteiger partial charge in [0.15, 0.2) is 0 Å². The number of halogens is 1. The van der Waals surface area contributed by atoms with Crippen LogP contribution in [0.2, 0.25) is 0 Å². The van der Waals surface area contributed by atoms with Crippen LogP contribution >= 0.6 is 15.9 Å². The van der Waals surface area contributed by atoms with Crippen LogP contribution < -0.4 is 4.74 Å². The molecule has 3 heteroatoms. The zero-order valence-electron chi connectivity index (χ0n) is 10.2. The molecule has 0 fully saturated rings. The lowest BCUT2D eigenvalue weighted by molar-refractivity contribution is 0.0314. The summed E-state index contributed by atoms with van der Waals surface area (Å²) < 4.78 is 7.10. The maximum atomic E-state index is 10.2. The molecular formula is C15H17BrO2. The minimum absolute atomic E-state index is 0.145. The molecule has 3 rings (SSSR count). The van der Waals surface area contributed by atoms with Crippen LogP contribution in [0.25, 0.3) is 0 Å². The van der Waals surface area contributed by atoms with Crippen molar-refractivity contribution in [3.8, 4) is 5.75 Å². The highest BCUT2D eigenvalue weighted by atomic mass is 79.9. The van der Waals surface area contributed by atoms with Gasteiger partial charge in [-0.15, -0.1) is 0 Å². The summed E-state index contributed by atoms with van der Waals surface area (Å²) in [5, 5.41) is 10.2. The number of hydrogen-bond donors (Lipinski definition) is 1. The highest BCUT2D eigenvalue weighted by molar-refractivity contribution is 9.10. The number of fused-ring (bicyclic) bond motifs is 1. The second-order valence-electron chi connectivity index (χ2n) is 5.13. The molecule has 2 unspecified atom stereocenters. The van der Waals surface area contributed by atoms with E-state index in [0.29, 0.717) is 12.3 Å². The quantitative estimate of drug-likeness (QED) is 0.795. The van der Waals surface area contributed by atoms with Crippen molar-refractivity contribution in [2.24, 2.45) is 5.92 Å². The SMILES string of the molecule is O[C@@H]1CC(C2CC=CCC2)Oc2cc(Br)ccc21. The van der Waals surface area contributed by atoms with Crippen molar-refractivity contribution in [1.29, 1.82) is 0 Å². The molecule has 0 amide bonds. The van der Waals surface area contributed by atoms with Gasteiger partial charge in [0.25, 0.3) is 0 Å². The number of ether oxygens (including phenoxy) is 1. The Kier molecular flexibility index (Phi) is 3.44. The number of aliphatic hydroxyl groups is 1. The van der Waals surface area contributed by atoms with Gasteiger partial charge in [-0.2, -0.15) is 0 Å². The van der Waals surface area contributed by atoms with Crippen molar-refractivity contribution in [3.63, 3.8) is 0 Å². The molecule has 0 spiro atoms. The first kappa shape index (κ1) is 12.2. The van der Waals surface area contributed by atoms with Crippen LogP contribution in [0.1, 0.15) is 37.4 Å². The third-order valence-electron chi connectivity index (χ3n) is 3.90. The Morgan fingerprint density at radius 3 is 2.94 bits per heavy atom. The van der Waals surface area contributed by atoms with E-state index in [1.807, 2.05) is 18.2 Å². The van der Waals surface area contributed by atoms with Crippen molar-refractivity contribution < 1.29 is 9.84 Å². The third kappa shape index (κ3) is 2.34. The van der Waals surface area contributed by atoms with Crippen LogP contribution in [0.4, 0.5) is 0 Å². The van der Waals surface area contributed by atoms with E-state index in [9.17, 15) is 5.11 Å². The average Bonchev–Trinajstić information content (AvgIpc) is 2.39. The summed E-state index contributed by atoms with van der Waals surface area (Å²) in [4.78, 5) is 0. The molecule has 0 aromatic heterocycles. The van der Waals surface area contributed by atoms with E-state index in [-0.39, 0.29) is 6.10 Å². The topological polar surface area (TPSA) is 29.5 Å². The molecule has 0 radical (unpaired) electrons. The van der Waals surface area contributed by atoms with Crippen LogP contribution in [0.5, 0.6) is 5.75 Å². The Bertz CT molecular complexity index is 470. The second kappa shape index (κ2) is 5.06. The van der Waals surface area contributed by atoms with Gasteiger partial charge >= 0.3 is 0 Å². The first-order chi connectivity index (χ1) is 8.74. The van der Waals surface area contributed by atoms with Gasteiger partial charge in [-0.1, -0.05) is 34.1 Å². The first-order valence-corrected chi connectivity index (χ1v) is 7.32. The molecule has 18 heavy (non-hydrogen) atoms. The normalized spacial score (nSPS) is 30.7. The Hall–Kier alpha value is -0.800. The molecule has 2 aliphatic rings. The standard InChI is InChI=1S/C15H17BrO2/c16-11-6-7-12-13(17)9-14(18-15(12)8-11)10-4-2-1-3-5-10/h1-2,6-8,10,13-14,17H,3-5,9H2/t10?,13-,14?/m1/s1. The van der Waals surface area contributed by atoms with Gasteiger partial charge in [0.05, 0.1) is 6.10 Å². The van der Waals surface area contributed by atoms with Gasteiger partial charge in [-0.05, 0) is 37.3 Å². The maximum absolute atomic E-state index is 10.2. The van der Waals surface area contributed by atoms with Crippen LogP contribution in [-0.4, -0.2) is 11.2 Å². The lowest BCUT2D eigenvalue weighted by Crippen LogP contribution is -2.33. The summed E-state index contributed by atoms with van der Waals surface area (Å²) >= 11 is 3.45. The van der Waals surface area contributed by atoms with Crippen molar-refractivity contribution in [3.05, 3.63) is 40.4 Å². The fraction of sp³-hybridized carbons (Fsp3) is 0.467. The molecule has 0 saturated carbocycles. The van der Waals surface area contributed by atoms with Gasteiger partial charge < -0.3 is 9.84 Å². The van der Waals surface area contributed by atoms with E-state index < -0.39 is 6.10 Å². The number of hydrogen-bond acceptors (Lipinski definition) is 2. The van der Waals surface area contributed by atoms with Gasteiger partial charge in [0, 0.05) is 16.5 Å². The summed E-state index contributed by atoms with van der Waals surface area (Å²) in [6.45, 7) is 0. The maximum Gasteiger partial charge on any atom is 0.126 e. The summed E-state index contributed by atoms with van der Waals surface area (Å²) in [5.74, 6) is 1.37. The van der Waals surface area contributed by atoms with E-state index in [1.165, 1.54) is 0 Å². The highest BCUT2D eigenvalue weighted by Gasteiger charge is 2.32. The van der Waals surface area contributed by atoms with Gasteiger partial charge in [0.1, 0.15) is 11.9 Å². The monoisotopic (exact) mass is 308 g/mol. The zero-order chi connectivity index (χ0) is 12.5. The summed E-state index contributed by atoms with van der Waals surface area (Å²) in [6.07, 6.45) is 8.31. The number of benzene rings is 1. The van der Waals surface area contributed by atoms with Gasteiger partial charge in [-0.25, -0.2) is 0 Å². The smallest absolute Gasteiger partial charge is 0.126 e. The van der Waals surface area contributed by atoms with Gasteiger partial charge in [-0.3, -0.25) is 0 Å². The molecule has 1 heterocycles. The fourth-order valence-corrected chi connectivity index (χ4v) is 3.23. The van der Waals surface area contributed by atoms with Crippen LogP contribution in [0, 0.1) is 5.92 Å². The predicted molar refractivity (Wildman–Crippen MR) is 74.6 cm³/mol. The Morgan fingerprint density at radius 2 is 2.17 bits per heavy atom. The number of aliphatic hydroxyl groups excluding tert-OH is 1. The lowest BCUT2D eigenvalue weighted by atomic mass is 9.84. The third-order valence-corrected chi connectivity index (χ3v) is 4.40. The fourth-order valence-electron chi connectivity index (χ4n) is 2.89. The molecular weight excluding hydrogens is 292 g/mol. The van der Waals surface area contributed by atoms with Crippen LogP contribution in [0.3, 0.4) is 0 Å². The van der Waals surface area contributed by atoms with Crippen molar-refractivity contribution in [1.82, 2.24) is 0 Å². The number of rotatable bonds is 1. The molecule has 1 aliphatic heterocycles. The van der Waals surface area contributed by atoms with Crippen LogP contribution in [0.15, 0.2) is 34.8 Å². The molecule has 0 saturated heterocycles.